The summed E-state index contributed by atoms with van der Waals surface area (Å²) in [5.74, 6) is 1.32. The highest BCUT2D eigenvalue weighted by Gasteiger charge is 2.39. The van der Waals surface area contributed by atoms with Crippen LogP contribution in [0.4, 0.5) is 0 Å². The Morgan fingerprint density at radius 1 is 1.24 bits per heavy atom. The van der Waals surface area contributed by atoms with Crippen molar-refractivity contribution in [3.8, 4) is 39.6 Å². The van der Waals surface area contributed by atoms with Gasteiger partial charge in [-0.2, -0.15) is 21.5 Å². The van der Waals surface area contributed by atoms with E-state index in [1.807, 2.05) is 57.2 Å². The topological polar surface area (TPSA) is 83.6 Å². The van der Waals surface area contributed by atoms with E-state index in [2.05, 4.69) is 17.4 Å². The molecule has 0 atom stereocenters. The zero-order valence-corrected chi connectivity index (χ0v) is 22.5. The number of hydrogen-bond acceptors (Lipinski definition) is 7. The molecule has 4 aromatic rings. The van der Waals surface area contributed by atoms with Gasteiger partial charge in [0.15, 0.2) is 5.69 Å². The predicted octanol–water partition coefficient (Wildman–Crippen LogP) is 4.95. The molecule has 0 radical (unpaired) electrons. The van der Waals surface area contributed by atoms with Crippen LogP contribution in [0.1, 0.15) is 48.8 Å². The Labute approximate surface area is 224 Å². The Kier molecular flexibility index (Phi) is 5.38. The van der Waals surface area contributed by atoms with Gasteiger partial charge in [-0.05, 0) is 44.2 Å². The van der Waals surface area contributed by atoms with Gasteiger partial charge in [0.1, 0.15) is 18.1 Å². The molecule has 3 aliphatic rings. The van der Waals surface area contributed by atoms with Crippen molar-refractivity contribution < 1.29 is 19.0 Å². The summed E-state index contributed by atoms with van der Waals surface area (Å²) in [4.78, 5) is 15.8. The molecule has 196 valence electrons. The molecule has 2 aliphatic heterocycles. The first-order valence-electron chi connectivity index (χ1n) is 12.9. The molecule has 1 amide bonds. The Morgan fingerprint density at radius 3 is 2.84 bits per heavy atom. The third-order valence-electron chi connectivity index (χ3n) is 7.59. The van der Waals surface area contributed by atoms with Crippen LogP contribution in [0.15, 0.2) is 41.4 Å². The van der Waals surface area contributed by atoms with E-state index < -0.39 is 5.54 Å². The smallest absolute Gasteiger partial charge is 0.275 e. The summed E-state index contributed by atoms with van der Waals surface area (Å²) in [5, 5.41) is 13.6. The van der Waals surface area contributed by atoms with Crippen molar-refractivity contribution in [1.29, 1.82) is 0 Å². The number of carbonyl (C=O) groups excluding carboxylic acids is 1. The van der Waals surface area contributed by atoms with E-state index in [9.17, 15) is 4.79 Å². The normalized spacial score (nSPS) is 18.0. The van der Waals surface area contributed by atoms with Crippen molar-refractivity contribution in [2.75, 3.05) is 26.9 Å². The fourth-order valence-electron chi connectivity index (χ4n) is 5.39. The number of morpholine rings is 1. The van der Waals surface area contributed by atoms with Gasteiger partial charge in [-0.3, -0.25) is 9.48 Å². The molecular formula is C28H29N5O4S. The Bertz CT molecular complexity index is 1530. The summed E-state index contributed by atoms with van der Waals surface area (Å²) in [6.07, 6.45) is 6.30. The minimum absolute atomic E-state index is 0.102. The number of aromatic nitrogens is 4. The van der Waals surface area contributed by atoms with E-state index in [1.54, 1.807) is 18.4 Å². The molecule has 0 spiro atoms. The number of amides is 1. The average Bonchev–Trinajstić information content (AvgIpc) is 3.30. The number of rotatable bonds is 5. The molecule has 1 saturated heterocycles. The van der Waals surface area contributed by atoms with Crippen molar-refractivity contribution in [3.05, 3.63) is 52.6 Å². The average molecular weight is 532 g/mol. The molecule has 3 aromatic heterocycles. The SMILES string of the molecule is COc1cc2c(cc1-c1cnn(C3CC3)c1)-c1c(c(C(=O)N3CCOCC3(C)C)nn1-c1ccsc1)CO2. The maximum Gasteiger partial charge on any atom is 0.275 e. The maximum atomic E-state index is 14.0. The second kappa shape index (κ2) is 8.71. The molecule has 2 fully saturated rings. The lowest BCUT2D eigenvalue weighted by Crippen LogP contribution is -2.55. The number of benzene rings is 1. The van der Waals surface area contributed by atoms with Crippen molar-refractivity contribution in [1.82, 2.24) is 24.5 Å². The first-order chi connectivity index (χ1) is 18.4. The minimum Gasteiger partial charge on any atom is -0.496 e. The third kappa shape index (κ3) is 3.73. The Morgan fingerprint density at radius 2 is 2.11 bits per heavy atom. The first-order valence-corrected chi connectivity index (χ1v) is 13.8. The van der Waals surface area contributed by atoms with Crippen LogP contribution < -0.4 is 9.47 Å². The second-order valence-electron chi connectivity index (χ2n) is 10.7. The van der Waals surface area contributed by atoms with Crippen LogP contribution in [0.3, 0.4) is 0 Å². The highest BCUT2D eigenvalue weighted by Crippen LogP contribution is 2.47. The van der Waals surface area contributed by atoms with Gasteiger partial charge in [-0.25, -0.2) is 4.68 Å². The number of methoxy groups -OCH3 is 1. The summed E-state index contributed by atoms with van der Waals surface area (Å²) < 4.78 is 21.6. The number of carbonyl (C=O) groups is 1. The van der Waals surface area contributed by atoms with Gasteiger partial charge in [0.25, 0.3) is 5.91 Å². The Balaban J connectivity index is 1.39. The molecule has 0 N–H and O–H groups in total. The van der Waals surface area contributed by atoms with Gasteiger partial charge >= 0.3 is 0 Å². The van der Waals surface area contributed by atoms with Crippen LogP contribution in [-0.2, 0) is 11.3 Å². The van der Waals surface area contributed by atoms with E-state index >= 15 is 0 Å². The number of fused-ring (bicyclic) bond motifs is 3. The molecule has 1 saturated carbocycles. The van der Waals surface area contributed by atoms with Crippen molar-refractivity contribution in [3.63, 3.8) is 0 Å². The molecule has 7 rings (SSSR count). The van der Waals surface area contributed by atoms with Gasteiger partial charge in [-0.1, -0.05) is 0 Å². The lowest BCUT2D eigenvalue weighted by molar-refractivity contribution is -0.0374. The van der Waals surface area contributed by atoms with Gasteiger partial charge in [-0.15, -0.1) is 0 Å². The zero-order chi connectivity index (χ0) is 26.0. The molecular weight excluding hydrogens is 502 g/mol. The lowest BCUT2D eigenvalue weighted by Gasteiger charge is -2.41. The molecule has 1 aliphatic carbocycles. The number of thiophene rings is 1. The molecule has 38 heavy (non-hydrogen) atoms. The van der Waals surface area contributed by atoms with E-state index in [0.29, 0.717) is 37.2 Å². The molecule has 0 unspecified atom stereocenters. The Hall–Kier alpha value is -3.63. The summed E-state index contributed by atoms with van der Waals surface area (Å²) in [7, 11) is 1.67. The standard InChI is InChI=1S/C28H29N5O4S/c1-28(2)16-36-8-7-31(28)27(34)25-22-14-37-24-11-23(35-3)20(17-12-29-32(13-17)18-4-5-18)10-21(24)26(22)33(30-25)19-6-9-38-15-19/h6,9-13,15,18H,4-5,7-8,14,16H2,1-3H3. The maximum absolute atomic E-state index is 14.0. The summed E-state index contributed by atoms with van der Waals surface area (Å²) in [5.41, 5.74) is 5.36. The van der Waals surface area contributed by atoms with Crippen LogP contribution >= 0.6 is 11.3 Å². The quantitative estimate of drug-likeness (QED) is 0.362. The van der Waals surface area contributed by atoms with E-state index in [4.69, 9.17) is 19.3 Å². The fourth-order valence-corrected chi connectivity index (χ4v) is 6.00. The molecule has 10 heteroatoms. The number of hydrogen-bond donors (Lipinski definition) is 0. The fraction of sp³-hybridized carbons (Fsp3) is 0.393. The van der Waals surface area contributed by atoms with Gasteiger partial charge < -0.3 is 19.1 Å². The van der Waals surface area contributed by atoms with Crippen LogP contribution in [0, 0.1) is 0 Å². The van der Waals surface area contributed by atoms with Gasteiger partial charge in [0, 0.05) is 46.4 Å². The highest BCUT2D eigenvalue weighted by atomic mass is 32.1. The molecule has 0 bridgehead atoms. The minimum atomic E-state index is -0.427. The number of nitrogens with zero attached hydrogens (tertiary/aromatic N) is 5. The second-order valence-corrected chi connectivity index (χ2v) is 11.4. The van der Waals surface area contributed by atoms with Crippen LogP contribution in [0.5, 0.6) is 11.5 Å². The first kappa shape index (κ1) is 23.5. The third-order valence-corrected chi connectivity index (χ3v) is 8.26. The van der Waals surface area contributed by atoms with Crippen LogP contribution in [-0.4, -0.2) is 62.8 Å². The van der Waals surface area contributed by atoms with Crippen molar-refractivity contribution in [2.45, 2.75) is 44.9 Å². The largest absolute Gasteiger partial charge is 0.496 e. The van der Waals surface area contributed by atoms with Crippen LogP contribution in [0.2, 0.25) is 0 Å². The van der Waals surface area contributed by atoms with Gasteiger partial charge in [0.05, 0.1) is 49.5 Å². The highest BCUT2D eigenvalue weighted by molar-refractivity contribution is 7.08. The number of ether oxygens (including phenoxy) is 3. The van der Waals surface area contributed by atoms with E-state index in [1.165, 1.54) is 0 Å². The molecule has 5 heterocycles. The summed E-state index contributed by atoms with van der Waals surface area (Å²) in [6, 6.07) is 6.52. The van der Waals surface area contributed by atoms with Crippen molar-refractivity contribution >= 4 is 17.2 Å². The van der Waals surface area contributed by atoms with Crippen LogP contribution in [0.25, 0.3) is 28.1 Å². The summed E-state index contributed by atoms with van der Waals surface area (Å²) in [6.45, 7) is 5.83. The molecule has 9 nitrogen and oxygen atoms in total. The monoisotopic (exact) mass is 531 g/mol. The van der Waals surface area contributed by atoms with Crippen molar-refractivity contribution in [2.24, 2.45) is 0 Å². The zero-order valence-electron chi connectivity index (χ0n) is 21.6. The predicted molar refractivity (Wildman–Crippen MR) is 143 cm³/mol. The summed E-state index contributed by atoms with van der Waals surface area (Å²) >= 11 is 1.59. The lowest BCUT2D eigenvalue weighted by atomic mass is 9.96. The van der Waals surface area contributed by atoms with Gasteiger partial charge in [0.2, 0.25) is 0 Å². The molecule has 1 aromatic carbocycles. The van der Waals surface area contributed by atoms with E-state index in [0.717, 1.165) is 52.2 Å². The van der Waals surface area contributed by atoms with E-state index in [-0.39, 0.29) is 12.5 Å².